The number of hydrogen-bond acceptors (Lipinski definition) is 4. The maximum atomic E-state index is 12.6. The van der Waals surface area contributed by atoms with Crippen molar-refractivity contribution in [2.24, 2.45) is 0 Å². The maximum absolute atomic E-state index is 12.6. The molecule has 1 aromatic rings. The molecule has 1 saturated heterocycles. The van der Waals surface area contributed by atoms with E-state index in [9.17, 15) is 9.90 Å². The molecule has 1 heterocycles. The van der Waals surface area contributed by atoms with Gasteiger partial charge >= 0.3 is 0 Å². The van der Waals surface area contributed by atoms with E-state index in [0.29, 0.717) is 13.0 Å². The summed E-state index contributed by atoms with van der Waals surface area (Å²) in [7, 11) is -1.82. The Bertz CT molecular complexity index is 513. The van der Waals surface area contributed by atoms with Crippen molar-refractivity contribution in [1.82, 2.24) is 4.90 Å². The highest BCUT2D eigenvalue weighted by Gasteiger charge is 2.38. The van der Waals surface area contributed by atoms with E-state index in [4.69, 9.17) is 9.16 Å². The van der Waals surface area contributed by atoms with Crippen molar-refractivity contribution in [3.05, 3.63) is 35.9 Å². The number of ether oxygens (including phenoxy) is 1. The van der Waals surface area contributed by atoms with Gasteiger partial charge in [-0.25, -0.2) is 0 Å². The lowest BCUT2D eigenvalue weighted by molar-refractivity contribution is -0.167. The van der Waals surface area contributed by atoms with E-state index < -0.39 is 14.7 Å². The third-order valence-corrected chi connectivity index (χ3v) is 9.73. The van der Waals surface area contributed by atoms with Crippen LogP contribution < -0.4 is 0 Å². The van der Waals surface area contributed by atoms with Crippen LogP contribution in [0.2, 0.25) is 18.1 Å². The highest BCUT2D eigenvalue weighted by atomic mass is 28.4. The molecule has 2 atom stereocenters. The van der Waals surface area contributed by atoms with Crippen molar-refractivity contribution >= 4 is 14.2 Å². The van der Waals surface area contributed by atoms with E-state index in [1.807, 2.05) is 30.3 Å². The van der Waals surface area contributed by atoms with E-state index in [2.05, 4.69) is 20.8 Å². The zero-order valence-corrected chi connectivity index (χ0v) is 15.9. The zero-order valence-electron chi connectivity index (χ0n) is 14.9. The molecule has 0 bridgehead atoms. The fraction of sp³-hybridized carbons (Fsp3) is 0.611. The highest BCUT2D eigenvalue weighted by Crippen LogP contribution is 2.23. The SMILES string of the molecule is CC[Si](CC)(CC)OCC(=O)N1C(Cc2ccccc2)CO[C@H]1O. The second kappa shape index (κ2) is 8.76. The predicted molar refractivity (Wildman–Crippen MR) is 95.9 cm³/mol. The first kappa shape index (κ1) is 19.1. The molecule has 134 valence electrons. The molecule has 6 heteroatoms. The van der Waals surface area contributed by atoms with Crippen molar-refractivity contribution in [3.8, 4) is 0 Å². The molecule has 1 aliphatic rings. The number of hydrogen-bond donors (Lipinski definition) is 1. The Hall–Kier alpha value is -1.21. The number of carbonyl (C=O) groups excluding carboxylic acids is 1. The Morgan fingerprint density at radius 1 is 1.25 bits per heavy atom. The topological polar surface area (TPSA) is 59.0 Å². The van der Waals surface area contributed by atoms with Crippen LogP contribution in [-0.2, 0) is 20.4 Å². The standard InChI is InChI=1S/C18H29NO4Si/c1-4-24(5-2,6-3)23-14-17(20)19-16(13-22-18(19)21)12-15-10-8-7-9-11-15/h7-11,16,18,21H,4-6,12-14H2,1-3H3/t16?,18-/m1/s1. The van der Waals surface area contributed by atoms with Crippen LogP contribution in [0.25, 0.3) is 0 Å². The predicted octanol–water partition coefficient (Wildman–Crippen LogP) is 2.75. The van der Waals surface area contributed by atoms with Crippen LogP contribution in [0, 0.1) is 0 Å². The average Bonchev–Trinajstić information content (AvgIpc) is 2.98. The van der Waals surface area contributed by atoms with Crippen molar-refractivity contribution in [2.75, 3.05) is 13.2 Å². The molecule has 1 aliphatic heterocycles. The molecule has 2 rings (SSSR count). The number of carbonyl (C=O) groups is 1. The molecule has 1 amide bonds. The van der Waals surface area contributed by atoms with Crippen molar-refractivity contribution in [3.63, 3.8) is 0 Å². The van der Waals surface area contributed by atoms with E-state index in [1.54, 1.807) is 0 Å². The minimum Gasteiger partial charge on any atom is -0.408 e. The van der Waals surface area contributed by atoms with Crippen LogP contribution in [0.5, 0.6) is 0 Å². The van der Waals surface area contributed by atoms with Crippen LogP contribution in [-0.4, -0.2) is 49.9 Å². The monoisotopic (exact) mass is 351 g/mol. The summed E-state index contributed by atoms with van der Waals surface area (Å²) < 4.78 is 11.4. The van der Waals surface area contributed by atoms with Gasteiger partial charge < -0.3 is 14.3 Å². The second-order valence-corrected chi connectivity index (χ2v) is 11.1. The molecule has 5 nitrogen and oxygen atoms in total. The van der Waals surface area contributed by atoms with Gasteiger partial charge in [0.2, 0.25) is 6.41 Å². The van der Waals surface area contributed by atoms with Gasteiger partial charge in [0.25, 0.3) is 5.91 Å². The molecule has 1 aromatic carbocycles. The first-order valence-electron chi connectivity index (χ1n) is 8.84. The van der Waals surface area contributed by atoms with Gasteiger partial charge in [-0.2, -0.15) is 0 Å². The fourth-order valence-corrected chi connectivity index (χ4v) is 5.80. The van der Waals surface area contributed by atoms with Gasteiger partial charge in [-0.15, -0.1) is 0 Å². The smallest absolute Gasteiger partial charge is 0.251 e. The molecule has 24 heavy (non-hydrogen) atoms. The summed E-state index contributed by atoms with van der Waals surface area (Å²) in [6, 6.07) is 12.8. The number of nitrogens with zero attached hydrogens (tertiary/aromatic N) is 1. The number of aliphatic hydroxyl groups is 1. The molecule has 0 spiro atoms. The van der Waals surface area contributed by atoms with Crippen molar-refractivity contribution < 1.29 is 19.1 Å². The molecule has 1 unspecified atom stereocenters. The van der Waals surface area contributed by atoms with E-state index in [-0.39, 0.29) is 18.6 Å². The summed E-state index contributed by atoms with van der Waals surface area (Å²) in [5, 5.41) is 10.0. The van der Waals surface area contributed by atoms with Gasteiger partial charge in [-0.05, 0) is 30.1 Å². The van der Waals surface area contributed by atoms with E-state index in [0.717, 1.165) is 23.7 Å². The van der Waals surface area contributed by atoms with Crippen molar-refractivity contribution in [1.29, 1.82) is 0 Å². The number of benzene rings is 1. The van der Waals surface area contributed by atoms with E-state index in [1.165, 1.54) is 4.90 Å². The molecule has 0 aliphatic carbocycles. The molecule has 0 aromatic heterocycles. The minimum absolute atomic E-state index is 0.0352. The number of aliphatic hydroxyl groups excluding tert-OH is 1. The first-order valence-corrected chi connectivity index (χ1v) is 11.4. The summed E-state index contributed by atoms with van der Waals surface area (Å²) in [6.07, 6.45) is -0.502. The maximum Gasteiger partial charge on any atom is 0.251 e. The summed E-state index contributed by atoms with van der Waals surface area (Å²) in [4.78, 5) is 14.1. The van der Waals surface area contributed by atoms with Crippen LogP contribution in [0.4, 0.5) is 0 Å². The summed E-state index contributed by atoms with van der Waals surface area (Å²) in [6.45, 7) is 6.79. The molecule has 1 fully saturated rings. The Balaban J connectivity index is 2.00. The third kappa shape index (κ3) is 4.45. The minimum atomic E-state index is -1.82. The second-order valence-electron chi connectivity index (χ2n) is 6.34. The lowest BCUT2D eigenvalue weighted by Crippen LogP contribution is -2.47. The largest absolute Gasteiger partial charge is 0.408 e. The van der Waals surface area contributed by atoms with Crippen LogP contribution in [0.3, 0.4) is 0 Å². The molecule has 0 saturated carbocycles. The third-order valence-electron chi connectivity index (χ3n) is 5.11. The van der Waals surface area contributed by atoms with Crippen LogP contribution in [0.15, 0.2) is 30.3 Å². The highest BCUT2D eigenvalue weighted by molar-refractivity contribution is 6.73. The normalized spacial score (nSPS) is 21.2. The summed E-state index contributed by atoms with van der Waals surface area (Å²) in [5.41, 5.74) is 1.12. The van der Waals surface area contributed by atoms with Gasteiger partial charge in [0.15, 0.2) is 8.32 Å². The molecular weight excluding hydrogens is 322 g/mol. The van der Waals surface area contributed by atoms with Crippen LogP contribution >= 0.6 is 0 Å². The molecule has 0 radical (unpaired) electrons. The van der Waals surface area contributed by atoms with Gasteiger partial charge in [0.05, 0.1) is 12.6 Å². The quantitative estimate of drug-likeness (QED) is 0.732. The Kier molecular flexibility index (Phi) is 6.98. The van der Waals surface area contributed by atoms with Gasteiger partial charge in [-0.3, -0.25) is 9.69 Å². The molecular formula is C18H29NO4Si. The lowest BCUT2D eigenvalue weighted by atomic mass is 10.1. The molecule has 1 N–H and O–H groups in total. The Morgan fingerprint density at radius 3 is 2.46 bits per heavy atom. The number of amides is 1. The van der Waals surface area contributed by atoms with Gasteiger partial charge in [0.1, 0.15) is 6.61 Å². The van der Waals surface area contributed by atoms with Gasteiger partial charge in [-0.1, -0.05) is 51.1 Å². The zero-order chi connectivity index (χ0) is 17.6. The summed E-state index contributed by atoms with van der Waals surface area (Å²) >= 11 is 0. The van der Waals surface area contributed by atoms with E-state index >= 15 is 0 Å². The summed E-state index contributed by atoms with van der Waals surface area (Å²) in [5.74, 6) is -0.187. The number of rotatable bonds is 8. The Morgan fingerprint density at radius 2 is 1.88 bits per heavy atom. The Labute approximate surface area is 145 Å². The average molecular weight is 352 g/mol. The van der Waals surface area contributed by atoms with Crippen LogP contribution in [0.1, 0.15) is 26.3 Å². The van der Waals surface area contributed by atoms with Gasteiger partial charge in [0, 0.05) is 0 Å². The lowest BCUT2D eigenvalue weighted by Gasteiger charge is -2.30. The first-order chi connectivity index (χ1) is 11.5. The fourth-order valence-electron chi connectivity index (χ4n) is 3.25. The van der Waals surface area contributed by atoms with Crippen molar-refractivity contribution in [2.45, 2.75) is 57.8 Å².